The Kier molecular flexibility index (Phi) is 4.21. The molecule has 1 saturated heterocycles. The molecule has 4 atom stereocenters. The van der Waals surface area contributed by atoms with E-state index in [1.807, 2.05) is 5.48 Å². The third-order valence-electron chi connectivity index (χ3n) is 3.89. The van der Waals surface area contributed by atoms with E-state index in [0.717, 1.165) is 6.33 Å². The minimum Gasteiger partial charge on any atom is -0.409 e. The summed E-state index contributed by atoms with van der Waals surface area (Å²) in [6.07, 6.45) is -2.20. The van der Waals surface area contributed by atoms with Crippen LogP contribution in [0.1, 0.15) is 11.8 Å². The van der Waals surface area contributed by atoms with Crippen LogP contribution in [0.3, 0.4) is 0 Å². The van der Waals surface area contributed by atoms with Crippen molar-refractivity contribution in [3.63, 3.8) is 0 Å². The van der Waals surface area contributed by atoms with E-state index < -0.39 is 31.1 Å². The van der Waals surface area contributed by atoms with Crippen molar-refractivity contribution in [3.05, 3.63) is 18.1 Å². The van der Waals surface area contributed by atoms with Crippen LogP contribution in [0.15, 0.2) is 17.7 Å². The molecular weight excluding hydrogens is 324 g/mol. The Morgan fingerprint density at radius 2 is 2.12 bits per heavy atom. The summed E-state index contributed by atoms with van der Waals surface area (Å²) in [5.74, 6) is -0.288. The Labute approximate surface area is 134 Å². The van der Waals surface area contributed by atoms with Crippen molar-refractivity contribution in [2.24, 2.45) is 10.9 Å². The van der Waals surface area contributed by atoms with E-state index in [0.29, 0.717) is 0 Å². The van der Waals surface area contributed by atoms with Gasteiger partial charge in [-0.25, -0.2) is 9.97 Å². The lowest BCUT2D eigenvalue weighted by atomic mass is 10.1. The van der Waals surface area contributed by atoms with Gasteiger partial charge in [-0.15, -0.1) is 0 Å². The predicted molar refractivity (Wildman–Crippen MR) is 78.5 cm³/mol. The number of nitrogens with zero attached hydrogens (tertiary/aromatic N) is 4. The maximum absolute atomic E-state index is 10.2. The number of hydrogen-bond donors (Lipinski definition) is 7. The van der Waals surface area contributed by atoms with Gasteiger partial charge < -0.3 is 35.6 Å². The number of nitrogens with one attached hydrogen (secondary N) is 1. The van der Waals surface area contributed by atoms with Crippen LogP contribution in [0.4, 0.5) is 5.82 Å². The molecule has 12 heteroatoms. The second-order valence-corrected chi connectivity index (χ2v) is 5.20. The average Bonchev–Trinajstić information content (AvgIpc) is 3.12. The highest BCUT2D eigenvalue weighted by molar-refractivity contribution is 6.11. The molecule has 0 aromatic carbocycles. The zero-order chi connectivity index (χ0) is 17.4. The first-order valence-electron chi connectivity index (χ1n) is 6.89. The smallest absolute Gasteiger partial charge is 0.172 e. The summed E-state index contributed by atoms with van der Waals surface area (Å²) in [5.41, 5.74) is 7.89. The van der Waals surface area contributed by atoms with Crippen LogP contribution < -0.4 is 11.2 Å². The molecule has 3 rings (SSSR count). The second kappa shape index (κ2) is 6.18. The average molecular weight is 340 g/mol. The quantitative estimate of drug-likeness (QED) is 0.141. The standard InChI is InChI=1S/C12H16N6O6/c13-9(16-22)4-1-18(11-6(4)10(17-23)14-3-15-11)12-8(21)7(20)5(2-19)24-12/h1,3,5,7-8,12,19-23H,2H2,(H2,13,16)(H,14,15,17)/t5-,7-,8-,12-/m1/s1. The van der Waals surface area contributed by atoms with Gasteiger partial charge in [-0.1, -0.05) is 5.16 Å². The summed E-state index contributed by atoms with van der Waals surface area (Å²) in [6, 6.07) is 0. The number of aliphatic hydroxyl groups excluding tert-OH is 3. The largest absolute Gasteiger partial charge is 0.409 e. The van der Waals surface area contributed by atoms with Crippen molar-refractivity contribution in [1.82, 2.24) is 14.5 Å². The summed E-state index contributed by atoms with van der Waals surface area (Å²) in [6.45, 7) is -0.487. The van der Waals surface area contributed by atoms with Gasteiger partial charge in [-0.3, -0.25) is 10.7 Å². The SMILES string of the molecule is NC(=NO)c1cn([C@@H]2O[C@H](CO)[C@@H](O)[C@H]2O)c2ncnc(NO)c12. The zero-order valence-corrected chi connectivity index (χ0v) is 12.2. The van der Waals surface area contributed by atoms with Gasteiger partial charge >= 0.3 is 0 Å². The summed E-state index contributed by atoms with van der Waals surface area (Å²) in [7, 11) is 0. The molecule has 1 fully saturated rings. The lowest BCUT2D eigenvalue weighted by molar-refractivity contribution is -0.0508. The second-order valence-electron chi connectivity index (χ2n) is 5.20. The molecule has 1 aliphatic heterocycles. The molecule has 3 heterocycles. The fourth-order valence-corrected chi connectivity index (χ4v) is 2.72. The highest BCUT2D eigenvalue weighted by atomic mass is 16.6. The number of rotatable bonds is 4. The van der Waals surface area contributed by atoms with Crippen LogP contribution in [0.2, 0.25) is 0 Å². The first-order chi connectivity index (χ1) is 11.5. The number of hydrogen-bond acceptors (Lipinski definition) is 10. The molecule has 1 aliphatic rings. The molecule has 0 radical (unpaired) electrons. The molecule has 24 heavy (non-hydrogen) atoms. The molecule has 0 amide bonds. The normalized spacial score (nSPS) is 27.8. The molecule has 12 nitrogen and oxygen atoms in total. The summed E-state index contributed by atoms with van der Waals surface area (Å²) in [5, 5.41) is 50.6. The fraction of sp³-hybridized carbons (Fsp3) is 0.417. The Morgan fingerprint density at radius 1 is 1.38 bits per heavy atom. The molecule has 8 N–H and O–H groups in total. The van der Waals surface area contributed by atoms with E-state index in [1.54, 1.807) is 0 Å². The van der Waals surface area contributed by atoms with Crippen molar-refractivity contribution in [2.45, 2.75) is 24.5 Å². The molecule has 0 bridgehead atoms. The molecule has 0 spiro atoms. The van der Waals surface area contributed by atoms with Gasteiger partial charge in [0.25, 0.3) is 0 Å². The maximum atomic E-state index is 10.2. The monoisotopic (exact) mass is 340 g/mol. The molecule has 0 aliphatic carbocycles. The third kappa shape index (κ3) is 2.33. The number of nitrogens with two attached hydrogens (primary N) is 1. The van der Waals surface area contributed by atoms with Crippen molar-refractivity contribution < 1.29 is 30.5 Å². The number of fused-ring (bicyclic) bond motifs is 1. The molecule has 0 saturated carbocycles. The number of oxime groups is 1. The lowest BCUT2D eigenvalue weighted by Crippen LogP contribution is -2.33. The lowest BCUT2D eigenvalue weighted by Gasteiger charge is -2.17. The molecule has 2 aromatic rings. The van der Waals surface area contributed by atoms with Crippen molar-refractivity contribution in [2.75, 3.05) is 12.1 Å². The van der Waals surface area contributed by atoms with E-state index in [2.05, 4.69) is 15.1 Å². The topological polar surface area (TPSA) is 192 Å². The minimum absolute atomic E-state index is 0.00732. The van der Waals surface area contributed by atoms with Crippen LogP contribution in [0.5, 0.6) is 0 Å². The fourth-order valence-electron chi connectivity index (χ4n) is 2.72. The minimum atomic E-state index is -1.35. The van der Waals surface area contributed by atoms with E-state index in [1.165, 1.54) is 10.8 Å². The Hall–Kier alpha value is -2.51. The van der Waals surface area contributed by atoms with E-state index in [4.69, 9.17) is 15.7 Å². The van der Waals surface area contributed by atoms with E-state index >= 15 is 0 Å². The number of ether oxygens (including phenoxy) is 1. The van der Waals surface area contributed by atoms with E-state index in [9.17, 15) is 20.5 Å². The molecule has 130 valence electrons. The Bertz CT molecular complexity index is 779. The van der Waals surface area contributed by atoms with Gasteiger partial charge in [0.1, 0.15) is 30.3 Å². The van der Waals surface area contributed by atoms with Crippen LogP contribution in [0.25, 0.3) is 11.0 Å². The third-order valence-corrected chi connectivity index (χ3v) is 3.89. The molecular formula is C12H16N6O6. The van der Waals surface area contributed by atoms with Gasteiger partial charge in [0.05, 0.1) is 17.6 Å². The first-order valence-corrected chi connectivity index (χ1v) is 6.89. The van der Waals surface area contributed by atoms with Crippen LogP contribution in [0, 0.1) is 0 Å². The first kappa shape index (κ1) is 16.4. The molecule has 0 unspecified atom stereocenters. The number of aliphatic hydroxyl groups is 3. The van der Waals surface area contributed by atoms with Crippen LogP contribution >= 0.6 is 0 Å². The molecule has 2 aromatic heterocycles. The zero-order valence-electron chi connectivity index (χ0n) is 12.2. The Balaban J connectivity index is 2.20. The van der Waals surface area contributed by atoms with Crippen molar-refractivity contribution >= 4 is 22.7 Å². The Morgan fingerprint density at radius 3 is 2.71 bits per heavy atom. The highest BCUT2D eigenvalue weighted by Gasteiger charge is 2.44. The van der Waals surface area contributed by atoms with Crippen LogP contribution in [-0.2, 0) is 4.74 Å². The summed E-state index contributed by atoms with van der Waals surface area (Å²) in [4.78, 5) is 7.89. The number of aromatic nitrogens is 3. The maximum Gasteiger partial charge on any atom is 0.172 e. The summed E-state index contributed by atoms with van der Waals surface area (Å²) >= 11 is 0. The van der Waals surface area contributed by atoms with Gasteiger partial charge in [0.15, 0.2) is 17.9 Å². The highest BCUT2D eigenvalue weighted by Crippen LogP contribution is 2.34. The number of amidine groups is 1. The number of anilines is 1. The van der Waals surface area contributed by atoms with Crippen LogP contribution in [-0.4, -0.2) is 71.0 Å². The van der Waals surface area contributed by atoms with Crippen molar-refractivity contribution in [3.8, 4) is 0 Å². The van der Waals surface area contributed by atoms with Gasteiger partial charge in [-0.2, -0.15) is 0 Å². The summed E-state index contributed by atoms with van der Waals surface area (Å²) < 4.78 is 6.80. The van der Waals surface area contributed by atoms with Gasteiger partial charge in [0.2, 0.25) is 0 Å². The van der Waals surface area contributed by atoms with Gasteiger partial charge in [-0.05, 0) is 0 Å². The predicted octanol–water partition coefficient (Wildman–Crippen LogP) is -2.06. The van der Waals surface area contributed by atoms with E-state index in [-0.39, 0.29) is 28.3 Å². The van der Waals surface area contributed by atoms with Crippen molar-refractivity contribution in [1.29, 1.82) is 0 Å². The van der Waals surface area contributed by atoms with Gasteiger partial charge in [0, 0.05) is 6.20 Å².